The third-order valence-electron chi connectivity index (χ3n) is 4.31. The first kappa shape index (κ1) is 16.9. The molecule has 0 bridgehead atoms. The average Bonchev–Trinajstić information content (AvgIpc) is 2.40. The van der Waals surface area contributed by atoms with E-state index in [9.17, 15) is 0 Å². The molecule has 1 aliphatic rings. The highest BCUT2D eigenvalue weighted by atomic mass is 16.5. The Bertz CT molecular complexity index is 223. The van der Waals surface area contributed by atoms with E-state index in [1.165, 1.54) is 44.9 Å². The number of nitrogens with two attached hydrogens (primary N) is 1. The van der Waals surface area contributed by atoms with Crippen molar-refractivity contribution in [3.05, 3.63) is 0 Å². The zero-order valence-electron chi connectivity index (χ0n) is 13.1. The molecule has 1 fully saturated rings. The van der Waals surface area contributed by atoms with Crippen LogP contribution in [0.25, 0.3) is 0 Å². The van der Waals surface area contributed by atoms with Crippen molar-refractivity contribution in [3.8, 4) is 0 Å². The fourth-order valence-electron chi connectivity index (χ4n) is 3.04. The molecule has 0 amide bonds. The molecule has 0 aliphatic carbocycles. The summed E-state index contributed by atoms with van der Waals surface area (Å²) in [5.74, 6) is 0.408. The minimum absolute atomic E-state index is 0.0360. The number of unbranched alkanes of at least 4 members (excludes halogenated alkanes) is 6. The van der Waals surface area contributed by atoms with Gasteiger partial charge < -0.3 is 15.2 Å². The predicted octanol–water partition coefficient (Wildman–Crippen LogP) is 3.50. The molecule has 0 spiro atoms. The Hall–Kier alpha value is -0.120. The van der Waals surface area contributed by atoms with Crippen LogP contribution in [-0.2, 0) is 9.47 Å². The van der Waals surface area contributed by atoms with Crippen LogP contribution >= 0.6 is 0 Å². The second-order valence-corrected chi connectivity index (χ2v) is 6.04. The van der Waals surface area contributed by atoms with E-state index in [-0.39, 0.29) is 18.2 Å². The van der Waals surface area contributed by atoms with Gasteiger partial charge in [0.2, 0.25) is 0 Å². The van der Waals surface area contributed by atoms with Gasteiger partial charge in [-0.15, -0.1) is 0 Å². The quantitative estimate of drug-likeness (QED) is 0.653. The zero-order chi connectivity index (χ0) is 14.1. The highest BCUT2D eigenvalue weighted by molar-refractivity contribution is 4.89. The Morgan fingerprint density at radius 3 is 2.37 bits per heavy atom. The Balaban J connectivity index is 2.12. The molecule has 3 heteroatoms. The minimum Gasteiger partial charge on any atom is -0.379 e. The van der Waals surface area contributed by atoms with Gasteiger partial charge in [-0.3, -0.25) is 0 Å². The molecule has 0 aromatic rings. The van der Waals surface area contributed by atoms with Crippen molar-refractivity contribution >= 4 is 0 Å². The molecule has 4 atom stereocenters. The normalized spacial score (nSPS) is 31.6. The molecular formula is C16H33NO2. The van der Waals surface area contributed by atoms with Crippen LogP contribution in [0.4, 0.5) is 0 Å². The number of hydrogen-bond acceptors (Lipinski definition) is 3. The van der Waals surface area contributed by atoms with Crippen LogP contribution in [0.2, 0.25) is 0 Å². The molecule has 0 unspecified atom stereocenters. The van der Waals surface area contributed by atoms with Crippen molar-refractivity contribution in [2.24, 2.45) is 11.7 Å². The lowest BCUT2D eigenvalue weighted by Gasteiger charge is -2.39. The van der Waals surface area contributed by atoms with E-state index in [4.69, 9.17) is 15.2 Å². The fourth-order valence-corrected chi connectivity index (χ4v) is 3.04. The maximum absolute atomic E-state index is 6.25. The third kappa shape index (κ3) is 5.80. The van der Waals surface area contributed by atoms with Crippen LogP contribution < -0.4 is 5.73 Å². The lowest BCUT2D eigenvalue weighted by atomic mass is 9.89. The van der Waals surface area contributed by atoms with Gasteiger partial charge in [0.1, 0.15) is 0 Å². The second-order valence-electron chi connectivity index (χ2n) is 6.04. The van der Waals surface area contributed by atoms with Crippen molar-refractivity contribution in [3.63, 3.8) is 0 Å². The molecule has 3 nitrogen and oxygen atoms in total. The highest BCUT2D eigenvalue weighted by Gasteiger charge is 2.35. The fraction of sp³-hybridized carbons (Fsp3) is 1.00. The van der Waals surface area contributed by atoms with E-state index in [0.717, 1.165) is 13.0 Å². The van der Waals surface area contributed by atoms with E-state index >= 15 is 0 Å². The summed E-state index contributed by atoms with van der Waals surface area (Å²) >= 11 is 0. The van der Waals surface area contributed by atoms with E-state index in [0.29, 0.717) is 5.92 Å². The first-order valence-corrected chi connectivity index (χ1v) is 8.10. The van der Waals surface area contributed by atoms with Crippen LogP contribution in [0.1, 0.15) is 65.2 Å². The maximum atomic E-state index is 6.25. The summed E-state index contributed by atoms with van der Waals surface area (Å²) < 4.78 is 11.4. The monoisotopic (exact) mass is 271 g/mol. The van der Waals surface area contributed by atoms with Gasteiger partial charge in [0.05, 0.1) is 24.9 Å². The van der Waals surface area contributed by atoms with Crippen LogP contribution in [0, 0.1) is 5.92 Å². The lowest BCUT2D eigenvalue weighted by molar-refractivity contribution is -0.109. The molecule has 114 valence electrons. The van der Waals surface area contributed by atoms with Crippen molar-refractivity contribution in [1.29, 1.82) is 0 Å². The number of hydrogen-bond donors (Lipinski definition) is 1. The molecular weight excluding hydrogens is 238 g/mol. The van der Waals surface area contributed by atoms with Gasteiger partial charge in [0.15, 0.2) is 0 Å². The summed E-state index contributed by atoms with van der Waals surface area (Å²) in [5, 5.41) is 0. The van der Waals surface area contributed by atoms with E-state index in [1.807, 2.05) is 0 Å². The van der Waals surface area contributed by atoms with Gasteiger partial charge in [0.25, 0.3) is 0 Å². The Labute approximate surface area is 119 Å². The van der Waals surface area contributed by atoms with Gasteiger partial charge in [-0.2, -0.15) is 0 Å². The van der Waals surface area contributed by atoms with Crippen molar-refractivity contribution in [2.45, 2.75) is 83.5 Å². The van der Waals surface area contributed by atoms with Crippen LogP contribution in [0.3, 0.4) is 0 Å². The van der Waals surface area contributed by atoms with Gasteiger partial charge in [-0.1, -0.05) is 58.8 Å². The maximum Gasteiger partial charge on any atom is 0.0794 e. The van der Waals surface area contributed by atoms with E-state index in [2.05, 4.69) is 13.8 Å². The first-order chi connectivity index (χ1) is 9.20. The first-order valence-electron chi connectivity index (χ1n) is 8.10. The van der Waals surface area contributed by atoms with Gasteiger partial charge >= 0.3 is 0 Å². The molecule has 1 heterocycles. The lowest BCUT2D eigenvalue weighted by Crippen LogP contribution is -2.54. The molecule has 1 saturated heterocycles. The molecule has 0 aromatic heterocycles. The molecule has 0 radical (unpaired) electrons. The average molecular weight is 271 g/mol. The summed E-state index contributed by atoms with van der Waals surface area (Å²) in [7, 11) is 1.76. The zero-order valence-corrected chi connectivity index (χ0v) is 13.1. The Kier molecular flexibility index (Phi) is 8.67. The predicted molar refractivity (Wildman–Crippen MR) is 80.3 cm³/mol. The SMILES string of the molecule is CCCCCCCCC[C@@H]1OC[C@H](C)[C@H](OC)[C@H]1N. The molecule has 1 rings (SSSR count). The summed E-state index contributed by atoms with van der Waals surface area (Å²) in [5.41, 5.74) is 6.25. The van der Waals surface area contributed by atoms with Crippen molar-refractivity contribution in [2.75, 3.05) is 13.7 Å². The topological polar surface area (TPSA) is 44.5 Å². The minimum atomic E-state index is 0.0360. The molecule has 1 aliphatic heterocycles. The van der Waals surface area contributed by atoms with Gasteiger partial charge in [-0.25, -0.2) is 0 Å². The molecule has 0 aromatic carbocycles. The van der Waals surface area contributed by atoms with Crippen molar-refractivity contribution in [1.82, 2.24) is 0 Å². The highest BCUT2D eigenvalue weighted by Crippen LogP contribution is 2.24. The second kappa shape index (κ2) is 9.73. The van der Waals surface area contributed by atoms with Crippen molar-refractivity contribution < 1.29 is 9.47 Å². The Morgan fingerprint density at radius 2 is 1.74 bits per heavy atom. The van der Waals surface area contributed by atoms with Crippen LogP contribution in [-0.4, -0.2) is 32.0 Å². The number of methoxy groups -OCH3 is 1. The van der Waals surface area contributed by atoms with Crippen LogP contribution in [0.15, 0.2) is 0 Å². The van der Waals surface area contributed by atoms with E-state index in [1.54, 1.807) is 7.11 Å². The Morgan fingerprint density at radius 1 is 1.11 bits per heavy atom. The number of rotatable bonds is 9. The summed E-state index contributed by atoms with van der Waals surface area (Å²) in [4.78, 5) is 0. The standard InChI is InChI=1S/C16H33NO2/c1-4-5-6-7-8-9-10-11-14-15(17)16(18-3)13(2)12-19-14/h13-16H,4-12,17H2,1-3H3/t13-,14-,15-,16-/m0/s1. The molecule has 0 saturated carbocycles. The van der Waals surface area contributed by atoms with Gasteiger partial charge in [-0.05, 0) is 6.42 Å². The largest absolute Gasteiger partial charge is 0.379 e. The molecule has 2 N–H and O–H groups in total. The smallest absolute Gasteiger partial charge is 0.0794 e. The van der Waals surface area contributed by atoms with Gasteiger partial charge in [0, 0.05) is 13.0 Å². The third-order valence-corrected chi connectivity index (χ3v) is 4.31. The summed E-state index contributed by atoms with van der Waals surface area (Å²) in [6.45, 7) is 5.19. The molecule has 19 heavy (non-hydrogen) atoms. The summed E-state index contributed by atoms with van der Waals surface area (Å²) in [6, 6.07) is 0.0360. The van der Waals surface area contributed by atoms with Crippen LogP contribution in [0.5, 0.6) is 0 Å². The number of ether oxygens (including phenoxy) is 2. The van der Waals surface area contributed by atoms with E-state index < -0.39 is 0 Å². The summed E-state index contributed by atoms with van der Waals surface area (Å²) in [6.07, 6.45) is 10.8.